The van der Waals surface area contributed by atoms with Crippen LogP contribution in [0.25, 0.3) is 0 Å². The molecule has 0 aliphatic heterocycles. The highest BCUT2D eigenvalue weighted by Gasteiger charge is 2.38. The molecule has 2 unspecified atom stereocenters. The molecule has 1 aliphatic carbocycles. The first-order chi connectivity index (χ1) is 8.66. The van der Waals surface area contributed by atoms with Gasteiger partial charge in [0.05, 0.1) is 6.54 Å². The van der Waals surface area contributed by atoms with Gasteiger partial charge in [-0.1, -0.05) is 6.92 Å². The van der Waals surface area contributed by atoms with E-state index in [0.717, 1.165) is 12.2 Å². The number of hydrogen-bond donors (Lipinski definition) is 3. The maximum atomic E-state index is 11.5. The monoisotopic (exact) mass is 250 g/mol. The summed E-state index contributed by atoms with van der Waals surface area (Å²) in [5.41, 5.74) is 0. The molecule has 2 rings (SSSR count). The lowest BCUT2D eigenvalue weighted by molar-refractivity contribution is -0.123. The Balaban J connectivity index is 1.56. The number of nitrogens with one attached hydrogen (secondary N) is 3. The van der Waals surface area contributed by atoms with Gasteiger partial charge < -0.3 is 15.6 Å². The highest BCUT2D eigenvalue weighted by molar-refractivity contribution is 5.82. The number of amides is 2. The van der Waals surface area contributed by atoms with Crippen LogP contribution in [0.5, 0.6) is 0 Å². The van der Waals surface area contributed by atoms with Crippen molar-refractivity contribution >= 4 is 11.8 Å². The maximum Gasteiger partial charge on any atom is 0.223 e. The molecule has 6 heteroatoms. The quantitative estimate of drug-likeness (QED) is 0.673. The van der Waals surface area contributed by atoms with Crippen molar-refractivity contribution in [2.24, 2.45) is 11.8 Å². The lowest BCUT2D eigenvalue weighted by atomic mass is 10.3. The number of imidazole rings is 1. The predicted molar refractivity (Wildman–Crippen MR) is 65.3 cm³/mol. The first-order valence-corrected chi connectivity index (χ1v) is 6.19. The number of rotatable bonds is 6. The van der Waals surface area contributed by atoms with E-state index in [1.54, 1.807) is 12.4 Å². The van der Waals surface area contributed by atoms with E-state index < -0.39 is 0 Å². The van der Waals surface area contributed by atoms with Gasteiger partial charge in [-0.15, -0.1) is 0 Å². The molecule has 2 atom stereocenters. The van der Waals surface area contributed by atoms with Crippen LogP contribution >= 0.6 is 0 Å². The SMILES string of the molecule is CC1CC1C(=O)NCCC(=O)NCc1ncc[nH]1. The lowest BCUT2D eigenvalue weighted by Crippen LogP contribution is -2.31. The Labute approximate surface area is 106 Å². The maximum absolute atomic E-state index is 11.5. The van der Waals surface area contributed by atoms with Crippen molar-refractivity contribution in [1.29, 1.82) is 0 Å². The summed E-state index contributed by atoms with van der Waals surface area (Å²) in [4.78, 5) is 29.8. The highest BCUT2D eigenvalue weighted by Crippen LogP contribution is 2.37. The topological polar surface area (TPSA) is 86.9 Å². The van der Waals surface area contributed by atoms with Crippen molar-refractivity contribution < 1.29 is 9.59 Å². The van der Waals surface area contributed by atoms with Gasteiger partial charge in [0.25, 0.3) is 0 Å². The van der Waals surface area contributed by atoms with E-state index >= 15 is 0 Å². The van der Waals surface area contributed by atoms with Crippen LogP contribution in [-0.4, -0.2) is 28.3 Å². The Bertz CT molecular complexity index is 416. The van der Waals surface area contributed by atoms with E-state index in [9.17, 15) is 9.59 Å². The highest BCUT2D eigenvalue weighted by atomic mass is 16.2. The Morgan fingerprint density at radius 3 is 2.89 bits per heavy atom. The van der Waals surface area contributed by atoms with Crippen molar-refractivity contribution in [3.63, 3.8) is 0 Å². The summed E-state index contributed by atoms with van der Waals surface area (Å²) < 4.78 is 0. The molecule has 1 heterocycles. The van der Waals surface area contributed by atoms with Crippen LogP contribution in [0.15, 0.2) is 12.4 Å². The Hall–Kier alpha value is -1.85. The van der Waals surface area contributed by atoms with E-state index in [-0.39, 0.29) is 17.7 Å². The molecule has 1 fully saturated rings. The molecule has 1 saturated carbocycles. The molecule has 2 amide bonds. The van der Waals surface area contributed by atoms with Crippen LogP contribution in [0.3, 0.4) is 0 Å². The molecule has 1 aromatic rings. The normalized spacial score (nSPS) is 21.4. The molecule has 3 N–H and O–H groups in total. The van der Waals surface area contributed by atoms with Gasteiger partial charge in [0.2, 0.25) is 11.8 Å². The van der Waals surface area contributed by atoms with Crippen LogP contribution in [0.1, 0.15) is 25.6 Å². The summed E-state index contributed by atoms with van der Waals surface area (Å²) in [5.74, 6) is 1.37. The van der Waals surface area contributed by atoms with Crippen LogP contribution in [-0.2, 0) is 16.1 Å². The number of carbonyl (C=O) groups is 2. The van der Waals surface area contributed by atoms with Crippen molar-refractivity contribution in [3.8, 4) is 0 Å². The lowest BCUT2D eigenvalue weighted by Gasteiger charge is -2.05. The summed E-state index contributed by atoms with van der Waals surface area (Å²) in [6, 6.07) is 0. The number of carbonyl (C=O) groups excluding carboxylic acids is 2. The molecule has 0 bridgehead atoms. The average Bonchev–Trinajstić information content (AvgIpc) is 2.88. The van der Waals surface area contributed by atoms with E-state index in [1.165, 1.54) is 0 Å². The molecule has 18 heavy (non-hydrogen) atoms. The van der Waals surface area contributed by atoms with E-state index in [1.807, 2.05) is 0 Å². The van der Waals surface area contributed by atoms with Gasteiger partial charge in [-0.05, 0) is 12.3 Å². The van der Waals surface area contributed by atoms with Gasteiger partial charge in [0, 0.05) is 31.3 Å². The third-order valence-electron chi connectivity index (χ3n) is 3.11. The first kappa shape index (κ1) is 12.6. The summed E-state index contributed by atoms with van der Waals surface area (Å²) in [6.45, 7) is 2.84. The number of hydrogen-bond acceptors (Lipinski definition) is 3. The van der Waals surface area contributed by atoms with Crippen molar-refractivity contribution in [3.05, 3.63) is 18.2 Å². The second kappa shape index (κ2) is 5.66. The third-order valence-corrected chi connectivity index (χ3v) is 3.11. The Morgan fingerprint density at radius 2 is 2.28 bits per heavy atom. The Morgan fingerprint density at radius 1 is 1.50 bits per heavy atom. The number of nitrogens with zero attached hydrogens (tertiary/aromatic N) is 1. The predicted octanol–water partition coefficient (Wildman–Crippen LogP) is 0.188. The largest absolute Gasteiger partial charge is 0.355 e. The zero-order valence-corrected chi connectivity index (χ0v) is 10.4. The third kappa shape index (κ3) is 3.58. The van der Waals surface area contributed by atoms with Gasteiger partial charge in [-0.25, -0.2) is 4.98 Å². The molecular formula is C12H18N4O2. The molecule has 0 spiro atoms. The zero-order chi connectivity index (χ0) is 13.0. The smallest absolute Gasteiger partial charge is 0.223 e. The molecule has 98 valence electrons. The minimum atomic E-state index is -0.0875. The fraction of sp³-hybridized carbons (Fsp3) is 0.583. The van der Waals surface area contributed by atoms with Gasteiger partial charge in [0.1, 0.15) is 5.82 Å². The van der Waals surface area contributed by atoms with Crippen LogP contribution < -0.4 is 10.6 Å². The van der Waals surface area contributed by atoms with Gasteiger partial charge >= 0.3 is 0 Å². The molecule has 6 nitrogen and oxygen atoms in total. The van der Waals surface area contributed by atoms with E-state index in [0.29, 0.717) is 25.4 Å². The summed E-state index contributed by atoms with van der Waals surface area (Å²) in [6.07, 6.45) is 4.61. The number of aromatic amines is 1. The van der Waals surface area contributed by atoms with Gasteiger partial charge in [-0.2, -0.15) is 0 Å². The van der Waals surface area contributed by atoms with Crippen molar-refractivity contribution in [2.45, 2.75) is 26.3 Å². The van der Waals surface area contributed by atoms with E-state index in [2.05, 4.69) is 27.5 Å². The molecule has 1 aliphatic rings. The van der Waals surface area contributed by atoms with Gasteiger partial charge in [-0.3, -0.25) is 9.59 Å². The van der Waals surface area contributed by atoms with Crippen molar-refractivity contribution in [1.82, 2.24) is 20.6 Å². The molecule has 0 saturated heterocycles. The van der Waals surface area contributed by atoms with E-state index in [4.69, 9.17) is 0 Å². The first-order valence-electron chi connectivity index (χ1n) is 6.19. The van der Waals surface area contributed by atoms with Gasteiger partial charge in [0.15, 0.2) is 0 Å². The second-order valence-electron chi connectivity index (χ2n) is 4.67. The van der Waals surface area contributed by atoms with Crippen LogP contribution in [0, 0.1) is 11.8 Å². The summed E-state index contributed by atoms with van der Waals surface area (Å²) >= 11 is 0. The van der Waals surface area contributed by atoms with Crippen molar-refractivity contribution in [2.75, 3.05) is 6.54 Å². The van der Waals surface area contributed by atoms with Crippen LogP contribution in [0.4, 0.5) is 0 Å². The standard InChI is InChI=1S/C12H18N4O2/c1-8-6-9(8)12(18)15-3-2-11(17)16-7-10-13-4-5-14-10/h4-5,8-9H,2-3,6-7H2,1H3,(H,13,14)(H,15,18)(H,16,17). The minimum absolute atomic E-state index is 0.0707. The zero-order valence-electron chi connectivity index (χ0n) is 10.4. The number of H-pyrrole nitrogens is 1. The number of aromatic nitrogens is 2. The molecular weight excluding hydrogens is 232 g/mol. The molecule has 0 radical (unpaired) electrons. The minimum Gasteiger partial charge on any atom is -0.355 e. The average molecular weight is 250 g/mol. The summed E-state index contributed by atoms with van der Waals surface area (Å²) in [5, 5.41) is 5.50. The second-order valence-corrected chi connectivity index (χ2v) is 4.67. The Kier molecular flexibility index (Phi) is 3.96. The molecule has 0 aromatic carbocycles. The van der Waals surface area contributed by atoms with Crippen LogP contribution in [0.2, 0.25) is 0 Å². The fourth-order valence-corrected chi connectivity index (χ4v) is 1.78. The fourth-order valence-electron chi connectivity index (χ4n) is 1.78. The molecule has 1 aromatic heterocycles. The summed E-state index contributed by atoms with van der Waals surface area (Å²) in [7, 11) is 0.